The first-order chi connectivity index (χ1) is 8.67. The highest BCUT2D eigenvalue weighted by Gasteiger charge is 2.35. The van der Waals surface area contributed by atoms with E-state index in [0.29, 0.717) is 19.1 Å². The van der Waals surface area contributed by atoms with Crippen LogP contribution in [0, 0.1) is 11.8 Å². The molecule has 4 heteroatoms. The van der Waals surface area contributed by atoms with Crippen molar-refractivity contribution in [1.29, 1.82) is 0 Å². The summed E-state index contributed by atoms with van der Waals surface area (Å²) in [6.07, 6.45) is 2.27. The molecule has 1 rings (SSSR count). The molecule has 0 aromatic heterocycles. The van der Waals surface area contributed by atoms with Crippen LogP contribution >= 0.6 is 0 Å². The highest BCUT2D eigenvalue weighted by molar-refractivity contribution is 5.80. The van der Waals surface area contributed by atoms with Crippen LogP contribution in [0.25, 0.3) is 0 Å². The number of carbonyl (C=O) groups excluding carboxylic acids is 1. The van der Waals surface area contributed by atoms with Crippen molar-refractivity contribution < 1.29 is 9.53 Å². The maximum Gasteiger partial charge on any atom is 0.229 e. The van der Waals surface area contributed by atoms with Gasteiger partial charge in [0.1, 0.15) is 0 Å². The van der Waals surface area contributed by atoms with Crippen LogP contribution in [0.1, 0.15) is 33.6 Å². The van der Waals surface area contributed by atoms with Crippen LogP contribution in [0.3, 0.4) is 0 Å². The lowest BCUT2D eigenvalue weighted by molar-refractivity contribution is -0.136. The summed E-state index contributed by atoms with van der Waals surface area (Å²) in [6, 6.07) is 0.174. The van der Waals surface area contributed by atoms with E-state index in [1.165, 1.54) is 0 Å². The average Bonchev–Trinajstić information content (AvgIpc) is 2.88. The molecule has 1 amide bonds. The van der Waals surface area contributed by atoms with Gasteiger partial charge in [0.05, 0.1) is 19.1 Å². The van der Waals surface area contributed by atoms with E-state index >= 15 is 0 Å². The molecule has 0 aromatic carbocycles. The van der Waals surface area contributed by atoms with Crippen LogP contribution in [0.2, 0.25) is 0 Å². The first-order valence-electron chi connectivity index (χ1n) is 7.21. The molecule has 1 aliphatic heterocycles. The summed E-state index contributed by atoms with van der Waals surface area (Å²) in [4.78, 5) is 14.5. The average molecular weight is 256 g/mol. The highest BCUT2D eigenvalue weighted by Crippen LogP contribution is 2.18. The Balaban J connectivity index is 2.61. The predicted molar refractivity (Wildman–Crippen MR) is 73.5 cm³/mol. The molecule has 0 aromatic rings. The third-order valence-electron chi connectivity index (χ3n) is 4.10. The number of amides is 1. The van der Waals surface area contributed by atoms with Crippen LogP contribution in [-0.2, 0) is 9.53 Å². The zero-order chi connectivity index (χ0) is 13.5. The van der Waals surface area contributed by atoms with Gasteiger partial charge in [-0.1, -0.05) is 26.7 Å². The predicted octanol–water partition coefficient (Wildman–Crippen LogP) is 1.51. The SMILES string of the molecule is CCC(CC)CN(CC)C(=O)C1COCC1NC. The molecule has 1 fully saturated rings. The number of nitrogens with one attached hydrogen (secondary N) is 1. The summed E-state index contributed by atoms with van der Waals surface area (Å²) < 4.78 is 5.42. The van der Waals surface area contributed by atoms with Crippen LogP contribution < -0.4 is 5.32 Å². The Labute approximate surface area is 111 Å². The van der Waals surface area contributed by atoms with Crippen molar-refractivity contribution in [1.82, 2.24) is 10.2 Å². The van der Waals surface area contributed by atoms with Gasteiger partial charge in [-0.2, -0.15) is 0 Å². The molecule has 1 saturated heterocycles. The van der Waals surface area contributed by atoms with Crippen molar-refractivity contribution in [2.45, 2.75) is 39.7 Å². The lowest BCUT2D eigenvalue weighted by atomic mass is 9.99. The van der Waals surface area contributed by atoms with E-state index in [-0.39, 0.29) is 17.9 Å². The van der Waals surface area contributed by atoms with Crippen molar-refractivity contribution in [2.75, 3.05) is 33.4 Å². The fourth-order valence-corrected chi connectivity index (χ4v) is 2.55. The van der Waals surface area contributed by atoms with E-state index in [2.05, 4.69) is 26.1 Å². The molecule has 2 atom stereocenters. The minimum absolute atomic E-state index is 0.00990. The van der Waals surface area contributed by atoms with E-state index in [0.717, 1.165) is 25.9 Å². The fraction of sp³-hybridized carbons (Fsp3) is 0.929. The molecular formula is C14H28N2O2. The Morgan fingerprint density at radius 3 is 2.50 bits per heavy atom. The molecule has 1 heterocycles. The van der Waals surface area contributed by atoms with E-state index < -0.39 is 0 Å². The van der Waals surface area contributed by atoms with Gasteiger partial charge in [-0.3, -0.25) is 4.79 Å². The number of hydrogen-bond acceptors (Lipinski definition) is 3. The molecule has 18 heavy (non-hydrogen) atoms. The van der Waals surface area contributed by atoms with Crippen molar-refractivity contribution in [2.24, 2.45) is 11.8 Å². The van der Waals surface area contributed by atoms with Gasteiger partial charge in [0.15, 0.2) is 0 Å². The molecular weight excluding hydrogens is 228 g/mol. The number of ether oxygens (including phenoxy) is 1. The monoisotopic (exact) mass is 256 g/mol. The third kappa shape index (κ3) is 3.69. The standard InChI is InChI=1S/C14H28N2O2/c1-5-11(6-2)8-16(7-3)14(17)12-9-18-10-13(12)15-4/h11-13,15H,5-10H2,1-4H3. The van der Waals surface area contributed by atoms with Crippen LogP contribution in [-0.4, -0.2) is 50.2 Å². The molecule has 0 spiro atoms. The van der Waals surface area contributed by atoms with Crippen LogP contribution in [0.4, 0.5) is 0 Å². The lowest BCUT2D eigenvalue weighted by Gasteiger charge is -2.29. The van der Waals surface area contributed by atoms with Gasteiger partial charge in [0, 0.05) is 19.1 Å². The van der Waals surface area contributed by atoms with Crippen molar-refractivity contribution in [3.63, 3.8) is 0 Å². The van der Waals surface area contributed by atoms with Gasteiger partial charge in [-0.05, 0) is 19.9 Å². The summed E-state index contributed by atoms with van der Waals surface area (Å²) in [7, 11) is 1.90. The topological polar surface area (TPSA) is 41.6 Å². The molecule has 0 saturated carbocycles. The van der Waals surface area contributed by atoms with Crippen LogP contribution in [0.5, 0.6) is 0 Å². The number of rotatable bonds is 7. The Kier molecular flexibility index (Phi) is 6.65. The number of nitrogens with zero attached hydrogens (tertiary/aromatic N) is 1. The number of carbonyl (C=O) groups is 1. The minimum atomic E-state index is -0.00990. The summed E-state index contributed by atoms with van der Waals surface area (Å²) in [5, 5.41) is 3.18. The van der Waals surface area contributed by atoms with Gasteiger partial charge >= 0.3 is 0 Å². The smallest absolute Gasteiger partial charge is 0.229 e. The van der Waals surface area contributed by atoms with Crippen molar-refractivity contribution >= 4 is 5.91 Å². The van der Waals surface area contributed by atoms with Gasteiger partial charge in [-0.15, -0.1) is 0 Å². The molecule has 0 aliphatic carbocycles. The Morgan fingerprint density at radius 1 is 1.33 bits per heavy atom. The Hall–Kier alpha value is -0.610. The van der Waals surface area contributed by atoms with Crippen LogP contribution in [0.15, 0.2) is 0 Å². The Morgan fingerprint density at radius 2 is 2.00 bits per heavy atom. The molecule has 1 N–H and O–H groups in total. The fourth-order valence-electron chi connectivity index (χ4n) is 2.55. The van der Waals surface area contributed by atoms with Gasteiger partial charge in [0.2, 0.25) is 5.91 Å². The maximum atomic E-state index is 12.5. The van der Waals surface area contributed by atoms with E-state index in [4.69, 9.17) is 4.74 Å². The quantitative estimate of drug-likeness (QED) is 0.750. The number of likely N-dealkylation sites (N-methyl/N-ethyl adjacent to an activating group) is 1. The van der Waals surface area contributed by atoms with E-state index in [1.807, 2.05) is 11.9 Å². The minimum Gasteiger partial charge on any atom is -0.379 e. The van der Waals surface area contributed by atoms with E-state index in [9.17, 15) is 4.79 Å². The summed E-state index contributed by atoms with van der Waals surface area (Å²) in [5.74, 6) is 0.856. The molecule has 106 valence electrons. The molecule has 1 aliphatic rings. The van der Waals surface area contributed by atoms with E-state index in [1.54, 1.807) is 0 Å². The highest BCUT2D eigenvalue weighted by atomic mass is 16.5. The van der Waals surface area contributed by atoms with Gasteiger partial charge in [-0.25, -0.2) is 0 Å². The van der Waals surface area contributed by atoms with Gasteiger partial charge in [0.25, 0.3) is 0 Å². The molecule has 0 radical (unpaired) electrons. The second-order valence-corrected chi connectivity index (χ2v) is 5.10. The summed E-state index contributed by atoms with van der Waals surface area (Å²) >= 11 is 0. The van der Waals surface area contributed by atoms with Crippen molar-refractivity contribution in [3.8, 4) is 0 Å². The van der Waals surface area contributed by atoms with Crippen molar-refractivity contribution in [3.05, 3.63) is 0 Å². The second kappa shape index (κ2) is 7.74. The second-order valence-electron chi connectivity index (χ2n) is 5.10. The molecule has 2 unspecified atom stereocenters. The zero-order valence-corrected chi connectivity index (χ0v) is 12.2. The third-order valence-corrected chi connectivity index (χ3v) is 4.10. The maximum absolute atomic E-state index is 12.5. The number of hydrogen-bond donors (Lipinski definition) is 1. The Bertz CT molecular complexity index is 254. The first kappa shape index (κ1) is 15.4. The largest absolute Gasteiger partial charge is 0.379 e. The molecule has 4 nitrogen and oxygen atoms in total. The first-order valence-corrected chi connectivity index (χ1v) is 7.21. The summed E-state index contributed by atoms with van der Waals surface area (Å²) in [5.41, 5.74) is 0. The van der Waals surface area contributed by atoms with Gasteiger partial charge < -0.3 is 15.0 Å². The normalized spacial score (nSPS) is 23.6. The lowest BCUT2D eigenvalue weighted by Crippen LogP contribution is -2.46. The molecule has 0 bridgehead atoms. The summed E-state index contributed by atoms with van der Waals surface area (Å²) in [6.45, 7) is 9.34. The zero-order valence-electron chi connectivity index (χ0n) is 12.2.